The highest BCUT2D eigenvalue weighted by Crippen LogP contribution is 2.05. The number of hydrogen-bond donors (Lipinski definition) is 4. The SMILES string of the molecule is Nc1cccnc1C(=O)NCC(O)C(=O)O. The maximum absolute atomic E-state index is 11.4. The highest BCUT2D eigenvalue weighted by molar-refractivity contribution is 5.97. The minimum atomic E-state index is -1.64. The van der Waals surface area contributed by atoms with Crippen LogP contribution in [-0.2, 0) is 4.79 Å². The van der Waals surface area contributed by atoms with E-state index < -0.39 is 24.5 Å². The van der Waals surface area contributed by atoms with Crippen molar-refractivity contribution in [2.24, 2.45) is 0 Å². The van der Waals surface area contributed by atoms with E-state index >= 15 is 0 Å². The lowest BCUT2D eigenvalue weighted by molar-refractivity contribution is -0.146. The molecule has 0 fully saturated rings. The molecule has 1 aromatic rings. The van der Waals surface area contributed by atoms with Gasteiger partial charge in [0.15, 0.2) is 11.8 Å². The molecule has 0 aromatic carbocycles. The molecular weight excluding hydrogens is 214 g/mol. The molecule has 1 heterocycles. The second-order valence-corrected chi connectivity index (χ2v) is 3.01. The molecule has 0 bridgehead atoms. The third-order valence-electron chi connectivity index (χ3n) is 1.80. The van der Waals surface area contributed by atoms with Crippen LogP contribution in [0.15, 0.2) is 18.3 Å². The third kappa shape index (κ3) is 2.92. The van der Waals surface area contributed by atoms with Gasteiger partial charge >= 0.3 is 5.97 Å². The topological polar surface area (TPSA) is 126 Å². The van der Waals surface area contributed by atoms with Crippen LogP contribution in [0.5, 0.6) is 0 Å². The lowest BCUT2D eigenvalue weighted by Crippen LogP contribution is -2.37. The number of nitrogens with one attached hydrogen (secondary N) is 1. The number of aliphatic hydroxyl groups excluding tert-OH is 1. The molecule has 7 heteroatoms. The monoisotopic (exact) mass is 225 g/mol. The number of carbonyl (C=O) groups is 2. The smallest absolute Gasteiger partial charge is 0.334 e. The number of carbonyl (C=O) groups excluding carboxylic acids is 1. The van der Waals surface area contributed by atoms with E-state index in [2.05, 4.69) is 10.3 Å². The van der Waals surface area contributed by atoms with Gasteiger partial charge in [0.05, 0.1) is 12.2 Å². The Morgan fingerprint density at radius 3 is 2.81 bits per heavy atom. The van der Waals surface area contributed by atoms with E-state index in [-0.39, 0.29) is 11.4 Å². The van der Waals surface area contributed by atoms with Gasteiger partial charge in [0.1, 0.15) is 0 Å². The quantitative estimate of drug-likeness (QED) is 0.512. The molecule has 1 atom stereocenters. The Morgan fingerprint density at radius 1 is 1.56 bits per heavy atom. The molecule has 7 nitrogen and oxygen atoms in total. The number of carboxylic acids is 1. The summed E-state index contributed by atoms with van der Waals surface area (Å²) in [6, 6.07) is 3.06. The molecule has 1 amide bonds. The molecule has 86 valence electrons. The second kappa shape index (κ2) is 5.08. The number of aliphatic hydroxyl groups is 1. The molecule has 1 aromatic heterocycles. The summed E-state index contributed by atoms with van der Waals surface area (Å²) in [5, 5.41) is 19.5. The number of nitrogen functional groups attached to an aromatic ring is 1. The summed E-state index contributed by atoms with van der Waals surface area (Å²) in [6.45, 7) is -0.399. The Morgan fingerprint density at radius 2 is 2.25 bits per heavy atom. The van der Waals surface area contributed by atoms with Gasteiger partial charge in [-0.15, -0.1) is 0 Å². The van der Waals surface area contributed by atoms with E-state index in [0.29, 0.717) is 0 Å². The molecule has 0 saturated carbocycles. The van der Waals surface area contributed by atoms with E-state index in [1.165, 1.54) is 12.3 Å². The molecule has 5 N–H and O–H groups in total. The van der Waals surface area contributed by atoms with Crippen LogP contribution in [0.3, 0.4) is 0 Å². The number of amides is 1. The fourth-order valence-corrected chi connectivity index (χ4v) is 0.968. The van der Waals surface area contributed by atoms with Crippen LogP contribution < -0.4 is 11.1 Å². The molecule has 0 radical (unpaired) electrons. The number of pyridine rings is 1. The highest BCUT2D eigenvalue weighted by atomic mass is 16.4. The lowest BCUT2D eigenvalue weighted by Gasteiger charge is -2.08. The maximum Gasteiger partial charge on any atom is 0.334 e. The largest absolute Gasteiger partial charge is 0.479 e. The van der Waals surface area contributed by atoms with Crippen molar-refractivity contribution >= 4 is 17.6 Å². The molecule has 1 unspecified atom stereocenters. The van der Waals surface area contributed by atoms with Gasteiger partial charge in [-0.2, -0.15) is 0 Å². The van der Waals surface area contributed by atoms with Crippen molar-refractivity contribution in [1.82, 2.24) is 10.3 Å². The average Bonchev–Trinajstić information content (AvgIpc) is 2.25. The van der Waals surface area contributed by atoms with Crippen molar-refractivity contribution in [3.05, 3.63) is 24.0 Å². The van der Waals surface area contributed by atoms with Crippen molar-refractivity contribution in [2.45, 2.75) is 6.10 Å². The van der Waals surface area contributed by atoms with Crippen molar-refractivity contribution in [3.8, 4) is 0 Å². The first-order chi connectivity index (χ1) is 7.52. The Balaban J connectivity index is 2.60. The predicted molar refractivity (Wildman–Crippen MR) is 54.6 cm³/mol. The minimum absolute atomic E-state index is 0.0000822. The second-order valence-electron chi connectivity index (χ2n) is 3.01. The number of nitrogens with zero attached hydrogens (tertiary/aromatic N) is 1. The normalized spacial score (nSPS) is 11.8. The van der Waals surface area contributed by atoms with E-state index in [1.807, 2.05) is 0 Å². The number of aliphatic carboxylic acids is 1. The number of carboxylic acid groups (broad SMARTS) is 1. The molecule has 0 aliphatic carbocycles. The van der Waals surface area contributed by atoms with Gasteiger partial charge in [0.25, 0.3) is 5.91 Å². The fraction of sp³-hybridized carbons (Fsp3) is 0.222. The number of nitrogens with two attached hydrogens (primary N) is 1. The van der Waals surface area contributed by atoms with Crippen molar-refractivity contribution in [1.29, 1.82) is 0 Å². The standard InChI is InChI=1S/C9H11N3O4/c10-5-2-1-3-11-7(5)8(14)12-4-6(13)9(15)16/h1-3,6,13H,4,10H2,(H,12,14)(H,15,16). The van der Waals surface area contributed by atoms with E-state index in [0.717, 1.165) is 0 Å². The zero-order valence-electron chi connectivity index (χ0n) is 8.25. The number of rotatable bonds is 4. The van der Waals surface area contributed by atoms with Gasteiger partial charge in [-0.1, -0.05) is 0 Å². The molecule has 16 heavy (non-hydrogen) atoms. The summed E-state index contributed by atoms with van der Waals surface area (Å²) in [5.41, 5.74) is 5.67. The first kappa shape index (κ1) is 11.9. The van der Waals surface area contributed by atoms with E-state index in [4.69, 9.17) is 15.9 Å². The van der Waals surface area contributed by atoms with E-state index in [9.17, 15) is 9.59 Å². The zero-order valence-corrected chi connectivity index (χ0v) is 8.25. The predicted octanol–water partition coefficient (Wildman–Crippen LogP) is -1.16. The Kier molecular flexibility index (Phi) is 3.78. The summed E-state index contributed by atoms with van der Waals surface area (Å²) in [5.74, 6) is -2.03. The number of hydrogen-bond acceptors (Lipinski definition) is 5. The van der Waals surface area contributed by atoms with Crippen LogP contribution in [-0.4, -0.2) is 39.7 Å². The fourth-order valence-electron chi connectivity index (χ4n) is 0.968. The van der Waals surface area contributed by atoms with Gasteiger partial charge in [0.2, 0.25) is 0 Å². The van der Waals surface area contributed by atoms with Gasteiger partial charge in [-0.3, -0.25) is 4.79 Å². The van der Waals surface area contributed by atoms with E-state index in [1.54, 1.807) is 6.07 Å². The molecule has 0 aliphatic rings. The molecule has 0 aliphatic heterocycles. The average molecular weight is 225 g/mol. The molecule has 1 rings (SSSR count). The van der Waals surface area contributed by atoms with Crippen molar-refractivity contribution in [2.75, 3.05) is 12.3 Å². The van der Waals surface area contributed by atoms with Crippen LogP contribution in [0.2, 0.25) is 0 Å². The zero-order chi connectivity index (χ0) is 12.1. The van der Waals surface area contributed by atoms with Crippen LogP contribution in [0.1, 0.15) is 10.5 Å². The van der Waals surface area contributed by atoms with Gasteiger partial charge in [-0.25, -0.2) is 9.78 Å². The minimum Gasteiger partial charge on any atom is -0.479 e. The first-order valence-electron chi connectivity index (χ1n) is 4.42. The first-order valence-corrected chi connectivity index (χ1v) is 4.42. The van der Waals surface area contributed by atoms with Crippen LogP contribution in [0.25, 0.3) is 0 Å². The molecular formula is C9H11N3O4. The molecule has 0 spiro atoms. The summed E-state index contributed by atoms with van der Waals surface area (Å²) in [4.78, 5) is 25.4. The lowest BCUT2D eigenvalue weighted by atomic mass is 10.2. The third-order valence-corrected chi connectivity index (χ3v) is 1.80. The van der Waals surface area contributed by atoms with Gasteiger partial charge in [0, 0.05) is 6.20 Å². The Bertz CT molecular complexity index is 407. The Hall–Kier alpha value is -2.15. The van der Waals surface area contributed by atoms with Crippen LogP contribution >= 0.6 is 0 Å². The summed E-state index contributed by atoms with van der Waals surface area (Å²) < 4.78 is 0. The molecule has 0 saturated heterocycles. The summed E-state index contributed by atoms with van der Waals surface area (Å²) in [7, 11) is 0. The number of anilines is 1. The Labute approximate surface area is 90.9 Å². The highest BCUT2D eigenvalue weighted by Gasteiger charge is 2.16. The number of aromatic nitrogens is 1. The van der Waals surface area contributed by atoms with Crippen molar-refractivity contribution < 1.29 is 19.8 Å². The van der Waals surface area contributed by atoms with Crippen LogP contribution in [0, 0.1) is 0 Å². The van der Waals surface area contributed by atoms with Gasteiger partial charge in [-0.05, 0) is 12.1 Å². The van der Waals surface area contributed by atoms with Crippen molar-refractivity contribution in [3.63, 3.8) is 0 Å². The summed E-state index contributed by atoms with van der Waals surface area (Å²) >= 11 is 0. The maximum atomic E-state index is 11.4. The van der Waals surface area contributed by atoms with Crippen LogP contribution in [0.4, 0.5) is 5.69 Å². The van der Waals surface area contributed by atoms with Gasteiger partial charge < -0.3 is 21.3 Å². The summed E-state index contributed by atoms with van der Waals surface area (Å²) in [6.07, 6.45) is -0.257.